The summed E-state index contributed by atoms with van der Waals surface area (Å²) in [5.74, 6) is 1.52. The number of nitrogens with one attached hydrogen (secondary N) is 1. The van der Waals surface area contributed by atoms with Gasteiger partial charge in [0, 0.05) is 39.3 Å². The predicted molar refractivity (Wildman–Crippen MR) is 107 cm³/mol. The predicted octanol–water partition coefficient (Wildman–Crippen LogP) is 5.42. The van der Waals surface area contributed by atoms with Crippen molar-refractivity contribution in [2.45, 2.75) is 10.6 Å². The number of thioether (sulfide) groups is 2. The number of hydrogen-bond acceptors (Lipinski definition) is 3. The molecule has 2 rings (SSSR count). The van der Waals surface area contributed by atoms with Crippen molar-refractivity contribution in [2.24, 2.45) is 0 Å². The first-order chi connectivity index (χ1) is 12.1. The molecule has 0 aliphatic heterocycles. The second-order valence-electron chi connectivity index (χ2n) is 5.10. The lowest BCUT2D eigenvalue weighted by molar-refractivity contribution is 0.0953. The molecule has 2 aromatic rings. The molecule has 0 radical (unpaired) electrons. The van der Waals surface area contributed by atoms with Gasteiger partial charge in [-0.3, -0.25) is 4.79 Å². The zero-order valence-electron chi connectivity index (χ0n) is 13.6. The molecule has 1 N–H and O–H groups in total. The molecular formula is C19H19ClFNOS2. The van der Waals surface area contributed by atoms with Crippen LogP contribution in [0.4, 0.5) is 4.39 Å². The highest BCUT2D eigenvalue weighted by atomic mass is 35.5. The number of amides is 1. The number of carbonyl (C=O) groups excluding carboxylic acids is 1. The number of rotatable bonds is 9. The van der Waals surface area contributed by atoms with Crippen LogP contribution in [0.5, 0.6) is 0 Å². The Morgan fingerprint density at radius 3 is 2.80 bits per heavy atom. The summed E-state index contributed by atoms with van der Waals surface area (Å²) < 4.78 is 13.7. The summed E-state index contributed by atoms with van der Waals surface area (Å²) in [7, 11) is 0. The molecule has 132 valence electrons. The van der Waals surface area contributed by atoms with E-state index >= 15 is 0 Å². The Balaban J connectivity index is 1.80. The molecule has 0 saturated carbocycles. The van der Waals surface area contributed by atoms with Crippen molar-refractivity contribution in [2.75, 3.05) is 18.1 Å². The average Bonchev–Trinajstić information content (AvgIpc) is 2.62. The van der Waals surface area contributed by atoms with E-state index in [1.165, 1.54) is 17.8 Å². The van der Waals surface area contributed by atoms with Gasteiger partial charge in [-0.15, -0.1) is 18.3 Å². The normalized spacial score (nSPS) is 10.5. The first-order valence-corrected chi connectivity index (χ1v) is 10.3. The van der Waals surface area contributed by atoms with Crippen LogP contribution in [0.15, 0.2) is 60.0 Å². The minimum absolute atomic E-state index is 0.100. The van der Waals surface area contributed by atoms with Gasteiger partial charge in [-0.05, 0) is 24.3 Å². The summed E-state index contributed by atoms with van der Waals surface area (Å²) >= 11 is 9.11. The Kier molecular flexibility index (Phi) is 8.38. The first-order valence-electron chi connectivity index (χ1n) is 7.75. The van der Waals surface area contributed by atoms with Crippen molar-refractivity contribution in [3.8, 4) is 0 Å². The number of halogens is 2. The Hall–Kier alpha value is -1.43. The van der Waals surface area contributed by atoms with Gasteiger partial charge in [0.1, 0.15) is 5.82 Å². The molecule has 0 aliphatic carbocycles. The van der Waals surface area contributed by atoms with Crippen LogP contribution in [-0.2, 0) is 5.75 Å². The molecule has 0 saturated heterocycles. The van der Waals surface area contributed by atoms with Gasteiger partial charge >= 0.3 is 0 Å². The topological polar surface area (TPSA) is 29.1 Å². The highest BCUT2D eigenvalue weighted by Gasteiger charge is 2.11. The largest absolute Gasteiger partial charge is 0.351 e. The summed E-state index contributed by atoms with van der Waals surface area (Å²) in [5.41, 5.74) is 1.17. The lowest BCUT2D eigenvalue weighted by Gasteiger charge is -2.10. The minimum Gasteiger partial charge on any atom is -0.351 e. The summed E-state index contributed by atoms with van der Waals surface area (Å²) in [6.07, 6.45) is 1.81. The standard InChI is InChI=1S/C19H19ClFNOS2/c1-2-11-25-18-9-4-3-6-14(18)19(23)22-10-12-24-13-15-16(20)7-5-8-17(15)21/h2-9H,1,10-13H2,(H,22,23). The van der Waals surface area contributed by atoms with Gasteiger partial charge in [0.15, 0.2) is 0 Å². The van der Waals surface area contributed by atoms with Crippen molar-refractivity contribution < 1.29 is 9.18 Å². The molecule has 1 amide bonds. The van der Waals surface area contributed by atoms with E-state index < -0.39 is 0 Å². The summed E-state index contributed by atoms with van der Waals surface area (Å²) in [5, 5.41) is 3.34. The van der Waals surface area contributed by atoms with E-state index in [0.29, 0.717) is 34.2 Å². The fourth-order valence-corrected chi connectivity index (χ4v) is 4.09. The highest BCUT2D eigenvalue weighted by molar-refractivity contribution is 7.99. The van der Waals surface area contributed by atoms with Crippen LogP contribution in [0.1, 0.15) is 15.9 Å². The molecule has 0 bridgehead atoms. The van der Waals surface area contributed by atoms with E-state index in [1.54, 1.807) is 23.9 Å². The molecule has 0 aromatic heterocycles. The van der Waals surface area contributed by atoms with Gasteiger partial charge in [0.2, 0.25) is 0 Å². The molecule has 0 spiro atoms. The van der Waals surface area contributed by atoms with Crippen LogP contribution in [0, 0.1) is 5.82 Å². The van der Waals surface area contributed by atoms with Crippen LogP contribution in [0.3, 0.4) is 0 Å². The molecule has 2 aromatic carbocycles. The maximum absolute atomic E-state index is 13.7. The van der Waals surface area contributed by atoms with Gasteiger partial charge in [0.05, 0.1) is 5.56 Å². The Morgan fingerprint density at radius 2 is 2.04 bits per heavy atom. The van der Waals surface area contributed by atoms with Crippen LogP contribution in [0.25, 0.3) is 0 Å². The summed E-state index contributed by atoms with van der Waals surface area (Å²) in [6.45, 7) is 4.21. The Morgan fingerprint density at radius 1 is 1.24 bits per heavy atom. The van der Waals surface area contributed by atoms with Gasteiger partial charge < -0.3 is 5.32 Å². The van der Waals surface area contributed by atoms with Gasteiger partial charge in [-0.25, -0.2) is 4.39 Å². The molecule has 2 nitrogen and oxygen atoms in total. The van der Waals surface area contributed by atoms with Crippen LogP contribution in [0.2, 0.25) is 5.02 Å². The maximum atomic E-state index is 13.7. The second kappa shape index (κ2) is 10.5. The second-order valence-corrected chi connectivity index (χ2v) is 7.68. The van der Waals surface area contributed by atoms with E-state index in [-0.39, 0.29) is 11.7 Å². The van der Waals surface area contributed by atoms with Crippen LogP contribution < -0.4 is 5.32 Å². The van der Waals surface area contributed by atoms with Gasteiger partial charge in [0.25, 0.3) is 5.91 Å². The fraction of sp³-hybridized carbons (Fsp3) is 0.211. The monoisotopic (exact) mass is 395 g/mol. The molecule has 6 heteroatoms. The van der Waals surface area contributed by atoms with E-state index in [1.807, 2.05) is 30.3 Å². The SMILES string of the molecule is C=CCSc1ccccc1C(=O)NCCSCc1c(F)cccc1Cl. The molecule has 0 fully saturated rings. The summed E-state index contributed by atoms with van der Waals surface area (Å²) in [4.78, 5) is 13.3. The Labute approximate surface area is 161 Å². The van der Waals surface area contributed by atoms with E-state index in [9.17, 15) is 9.18 Å². The van der Waals surface area contributed by atoms with E-state index in [4.69, 9.17) is 11.6 Å². The average molecular weight is 396 g/mol. The lowest BCUT2D eigenvalue weighted by atomic mass is 10.2. The third-order valence-electron chi connectivity index (χ3n) is 3.33. The van der Waals surface area contributed by atoms with Crippen molar-refractivity contribution in [1.29, 1.82) is 0 Å². The lowest BCUT2D eigenvalue weighted by Crippen LogP contribution is -2.26. The van der Waals surface area contributed by atoms with Crippen molar-refractivity contribution in [3.05, 3.63) is 77.1 Å². The maximum Gasteiger partial charge on any atom is 0.252 e. The van der Waals surface area contributed by atoms with E-state index in [0.717, 1.165) is 10.6 Å². The fourth-order valence-electron chi connectivity index (χ4n) is 2.11. The number of carbonyl (C=O) groups is 1. The van der Waals surface area contributed by atoms with Gasteiger partial charge in [-0.2, -0.15) is 11.8 Å². The third kappa shape index (κ3) is 6.10. The Bertz CT molecular complexity index is 719. The van der Waals surface area contributed by atoms with Crippen LogP contribution in [-0.4, -0.2) is 24.0 Å². The zero-order valence-corrected chi connectivity index (χ0v) is 16.0. The molecule has 25 heavy (non-hydrogen) atoms. The van der Waals surface area contributed by atoms with Gasteiger partial charge in [-0.1, -0.05) is 35.9 Å². The highest BCUT2D eigenvalue weighted by Crippen LogP contribution is 2.24. The van der Waals surface area contributed by atoms with Crippen molar-refractivity contribution in [3.63, 3.8) is 0 Å². The number of benzene rings is 2. The minimum atomic E-state index is -0.294. The molecule has 0 heterocycles. The molecule has 0 atom stereocenters. The smallest absolute Gasteiger partial charge is 0.252 e. The molecular weight excluding hydrogens is 377 g/mol. The molecule has 0 unspecified atom stereocenters. The summed E-state index contributed by atoms with van der Waals surface area (Å²) in [6, 6.07) is 12.2. The third-order valence-corrected chi connectivity index (χ3v) is 5.74. The quantitative estimate of drug-likeness (QED) is 0.349. The zero-order chi connectivity index (χ0) is 18.1. The number of hydrogen-bond donors (Lipinski definition) is 1. The van der Waals surface area contributed by atoms with E-state index in [2.05, 4.69) is 11.9 Å². The van der Waals surface area contributed by atoms with Crippen LogP contribution >= 0.6 is 35.1 Å². The van der Waals surface area contributed by atoms with Crippen molar-refractivity contribution in [1.82, 2.24) is 5.32 Å². The first kappa shape index (κ1) is 19.9. The molecule has 0 aliphatic rings. The van der Waals surface area contributed by atoms with Crippen molar-refractivity contribution >= 4 is 41.0 Å².